The quantitative estimate of drug-likeness (QED) is 0.567. The van der Waals surface area contributed by atoms with E-state index in [1.54, 1.807) is 0 Å². The van der Waals surface area contributed by atoms with Gasteiger partial charge in [-0.25, -0.2) is 0 Å². The highest BCUT2D eigenvalue weighted by Crippen LogP contribution is 2.38. The largest absolute Gasteiger partial charge is 0.401 e. The second-order valence-electron chi connectivity index (χ2n) is 9.97. The van der Waals surface area contributed by atoms with Gasteiger partial charge in [0.25, 0.3) is 0 Å². The lowest BCUT2D eigenvalue weighted by molar-refractivity contribution is 0.214. The molecule has 0 amide bonds. The Morgan fingerprint density at radius 1 is 1.15 bits per heavy atom. The van der Waals surface area contributed by atoms with E-state index in [1.165, 1.54) is 37.9 Å². The first-order valence-electron chi connectivity index (χ1n) is 12.5. The monoisotopic (exact) mass is 447 g/mol. The minimum atomic E-state index is -0.0108. The van der Waals surface area contributed by atoms with Gasteiger partial charge in [-0.15, -0.1) is 0 Å². The van der Waals surface area contributed by atoms with Gasteiger partial charge in [0.1, 0.15) is 0 Å². The van der Waals surface area contributed by atoms with Gasteiger partial charge in [-0.1, -0.05) is 37.8 Å². The third-order valence-electron chi connectivity index (χ3n) is 7.74. The van der Waals surface area contributed by atoms with Crippen LogP contribution in [-0.2, 0) is 6.54 Å². The number of hydrogen-bond acceptors (Lipinski definition) is 5. The lowest BCUT2D eigenvalue weighted by Gasteiger charge is -2.34. The minimum Gasteiger partial charge on any atom is -0.401 e. The Morgan fingerprint density at radius 2 is 1.91 bits per heavy atom. The molecule has 1 fully saturated rings. The Balaban J connectivity index is 1.76. The van der Waals surface area contributed by atoms with Crippen LogP contribution in [0.3, 0.4) is 0 Å². The summed E-state index contributed by atoms with van der Waals surface area (Å²) in [5.41, 5.74) is 27.7. The zero-order chi connectivity index (χ0) is 23.5. The predicted octanol–water partition coefficient (Wildman–Crippen LogP) is 3.70. The second kappa shape index (κ2) is 10.3. The number of nitrogens with zero attached hydrogens (tertiary/aromatic N) is 1. The maximum Gasteiger partial charge on any atom is 0.0549 e. The van der Waals surface area contributed by atoms with Crippen molar-refractivity contribution in [1.29, 1.82) is 0 Å². The number of rotatable bonds is 3. The highest BCUT2D eigenvalue weighted by Gasteiger charge is 2.31. The number of aryl methyl sites for hydroxylation is 1. The average molecular weight is 448 g/mol. The standard InChI is InChI=1S/C28H41N5/c1-18-14-21(16-29)10-11-24(18)26-19(2)22-8-4-5-9-23(33-12-6-7-13-33)17-32-28(25(30)15-22)20(3)27(26)31/h8,10-11,14-15,20,23,28,32H,2,4-7,9,12-13,16-17,29-31H2,1,3H3/b22-8+,25-15+,27-26-. The Bertz CT molecular complexity index is 980. The van der Waals surface area contributed by atoms with Crippen LogP contribution in [0.2, 0.25) is 0 Å². The van der Waals surface area contributed by atoms with Crippen molar-refractivity contribution < 1.29 is 0 Å². The van der Waals surface area contributed by atoms with Gasteiger partial charge in [0.05, 0.1) is 6.04 Å². The first-order chi connectivity index (χ1) is 15.9. The number of allylic oxidation sites excluding steroid dienone is 5. The van der Waals surface area contributed by atoms with E-state index < -0.39 is 0 Å². The molecule has 4 rings (SSSR count). The van der Waals surface area contributed by atoms with E-state index in [-0.39, 0.29) is 12.0 Å². The van der Waals surface area contributed by atoms with Gasteiger partial charge in [0, 0.05) is 42.0 Å². The highest BCUT2D eigenvalue weighted by atomic mass is 15.2. The summed E-state index contributed by atoms with van der Waals surface area (Å²) in [6.45, 7) is 12.7. The maximum atomic E-state index is 6.94. The Morgan fingerprint density at radius 3 is 2.61 bits per heavy atom. The third kappa shape index (κ3) is 4.96. The molecule has 0 saturated carbocycles. The first kappa shape index (κ1) is 23.8. The highest BCUT2D eigenvalue weighted by molar-refractivity contribution is 5.87. The number of hydrogen-bond donors (Lipinski definition) is 4. The molecule has 1 aliphatic carbocycles. The summed E-state index contributed by atoms with van der Waals surface area (Å²) in [6, 6.07) is 6.93. The summed E-state index contributed by atoms with van der Waals surface area (Å²) >= 11 is 0. The fraction of sp³-hybridized carbons (Fsp3) is 0.500. The van der Waals surface area contributed by atoms with Crippen molar-refractivity contribution in [3.05, 3.63) is 76.2 Å². The van der Waals surface area contributed by atoms with E-state index in [2.05, 4.69) is 61.0 Å². The van der Waals surface area contributed by atoms with E-state index >= 15 is 0 Å². The van der Waals surface area contributed by atoms with Gasteiger partial charge in [0.2, 0.25) is 0 Å². The molecule has 3 atom stereocenters. The Labute approximate surface area is 199 Å². The van der Waals surface area contributed by atoms with Crippen LogP contribution in [0.25, 0.3) is 5.57 Å². The van der Waals surface area contributed by atoms with E-state index in [0.717, 1.165) is 58.6 Å². The van der Waals surface area contributed by atoms with Crippen molar-refractivity contribution in [3.8, 4) is 0 Å². The van der Waals surface area contributed by atoms with E-state index in [1.807, 2.05) is 0 Å². The molecule has 2 aliphatic heterocycles. The molecule has 2 heterocycles. The van der Waals surface area contributed by atoms with Crippen molar-refractivity contribution in [3.63, 3.8) is 0 Å². The molecule has 3 aliphatic rings. The van der Waals surface area contributed by atoms with Gasteiger partial charge in [-0.3, -0.25) is 4.90 Å². The molecule has 1 aromatic carbocycles. The lowest BCUT2D eigenvalue weighted by Crippen LogP contribution is -2.48. The molecule has 1 saturated heterocycles. The van der Waals surface area contributed by atoms with Crippen LogP contribution in [0.4, 0.5) is 0 Å². The van der Waals surface area contributed by atoms with Crippen LogP contribution in [0.15, 0.2) is 59.5 Å². The van der Waals surface area contributed by atoms with Crippen molar-refractivity contribution in [2.24, 2.45) is 23.1 Å². The fourth-order valence-corrected chi connectivity index (χ4v) is 5.69. The Hall–Kier alpha value is -2.34. The maximum absolute atomic E-state index is 6.94. The molecule has 0 radical (unpaired) electrons. The second-order valence-corrected chi connectivity index (χ2v) is 9.97. The molecule has 5 heteroatoms. The fourth-order valence-electron chi connectivity index (χ4n) is 5.69. The molecular formula is C28H41N5. The molecule has 0 spiro atoms. The van der Waals surface area contributed by atoms with Gasteiger partial charge >= 0.3 is 0 Å². The van der Waals surface area contributed by atoms with Crippen molar-refractivity contribution in [2.45, 2.75) is 64.6 Å². The zero-order valence-corrected chi connectivity index (χ0v) is 20.4. The average Bonchev–Trinajstić information content (AvgIpc) is 3.33. The van der Waals surface area contributed by atoms with Gasteiger partial charge in [-0.05, 0) is 86.0 Å². The summed E-state index contributed by atoms with van der Waals surface area (Å²) < 4.78 is 0. The van der Waals surface area contributed by atoms with Gasteiger partial charge in [0.15, 0.2) is 0 Å². The van der Waals surface area contributed by atoms with Crippen LogP contribution in [-0.4, -0.2) is 36.6 Å². The summed E-state index contributed by atoms with van der Waals surface area (Å²) in [6.07, 6.45) is 10.4. The molecule has 178 valence electrons. The molecule has 0 aromatic heterocycles. The number of nitrogens with two attached hydrogens (primary N) is 3. The van der Waals surface area contributed by atoms with Crippen LogP contribution in [0.5, 0.6) is 0 Å². The number of fused-ring (bicyclic) bond motifs is 2. The number of nitrogens with one attached hydrogen (secondary N) is 1. The molecule has 3 unspecified atom stereocenters. The zero-order valence-electron chi connectivity index (χ0n) is 20.4. The molecular weight excluding hydrogens is 406 g/mol. The molecule has 2 bridgehead atoms. The van der Waals surface area contributed by atoms with E-state index in [0.29, 0.717) is 12.6 Å². The van der Waals surface area contributed by atoms with Crippen LogP contribution in [0.1, 0.15) is 55.7 Å². The molecule has 33 heavy (non-hydrogen) atoms. The molecule has 7 N–H and O–H groups in total. The topological polar surface area (TPSA) is 93.3 Å². The van der Waals surface area contributed by atoms with Crippen LogP contribution >= 0.6 is 0 Å². The van der Waals surface area contributed by atoms with Crippen LogP contribution < -0.4 is 22.5 Å². The minimum absolute atomic E-state index is 0.0108. The summed E-state index contributed by atoms with van der Waals surface area (Å²) in [4.78, 5) is 2.66. The van der Waals surface area contributed by atoms with Crippen molar-refractivity contribution in [2.75, 3.05) is 19.6 Å². The number of benzene rings is 1. The van der Waals surface area contributed by atoms with E-state index in [4.69, 9.17) is 17.2 Å². The smallest absolute Gasteiger partial charge is 0.0549 e. The van der Waals surface area contributed by atoms with Crippen molar-refractivity contribution >= 4 is 5.57 Å². The summed E-state index contributed by atoms with van der Waals surface area (Å²) in [7, 11) is 0. The van der Waals surface area contributed by atoms with Gasteiger partial charge in [-0.2, -0.15) is 0 Å². The SMILES string of the molecule is C=C1/C(c2ccc(CN)cc2C)=C(/N)C(C)C2NCC(N3CCCC3)CCC/C=C1\C=C/2N. The van der Waals surface area contributed by atoms with Crippen LogP contribution in [0, 0.1) is 12.8 Å². The van der Waals surface area contributed by atoms with Gasteiger partial charge < -0.3 is 22.5 Å². The van der Waals surface area contributed by atoms with Crippen molar-refractivity contribution in [1.82, 2.24) is 10.2 Å². The lowest BCUT2D eigenvalue weighted by atomic mass is 9.80. The molecule has 5 nitrogen and oxygen atoms in total. The summed E-state index contributed by atoms with van der Waals surface area (Å²) in [5, 5.41) is 3.83. The first-order valence-corrected chi connectivity index (χ1v) is 12.5. The normalized spacial score (nSPS) is 32.9. The molecule has 1 aromatic rings. The van der Waals surface area contributed by atoms with E-state index in [9.17, 15) is 0 Å². The third-order valence-corrected chi connectivity index (χ3v) is 7.74. The summed E-state index contributed by atoms with van der Waals surface area (Å²) in [5.74, 6) is 0.0446. The Kier molecular flexibility index (Phi) is 7.42. The number of likely N-dealkylation sites (tertiary alicyclic amines) is 1. The predicted molar refractivity (Wildman–Crippen MR) is 139 cm³/mol.